The summed E-state index contributed by atoms with van der Waals surface area (Å²) in [7, 11) is 0. The van der Waals surface area contributed by atoms with Crippen molar-refractivity contribution in [1.82, 2.24) is 14.8 Å². The van der Waals surface area contributed by atoms with Crippen LogP contribution < -0.4 is 10.9 Å². The molecule has 184 valence electrons. The third kappa shape index (κ3) is 6.86. The first-order valence-electron chi connectivity index (χ1n) is 11.6. The Morgan fingerprint density at radius 3 is 2.40 bits per heavy atom. The number of piperazine rings is 1. The van der Waals surface area contributed by atoms with E-state index in [0.717, 1.165) is 20.7 Å². The fourth-order valence-corrected chi connectivity index (χ4v) is 4.79. The van der Waals surface area contributed by atoms with E-state index >= 15 is 0 Å². The van der Waals surface area contributed by atoms with Crippen molar-refractivity contribution in [3.05, 3.63) is 65.0 Å². The van der Waals surface area contributed by atoms with E-state index in [0.29, 0.717) is 31.9 Å². The molecule has 0 spiro atoms. The number of hydrogen-bond donors (Lipinski definition) is 2. The van der Waals surface area contributed by atoms with Crippen molar-refractivity contribution in [2.45, 2.75) is 36.2 Å². The molecule has 2 amide bonds. The number of nitrogens with zero attached hydrogens (tertiary/aromatic N) is 2. The number of aromatic nitrogens is 1. The molecule has 1 fully saturated rings. The second-order valence-corrected chi connectivity index (χ2v) is 10.6. The first-order chi connectivity index (χ1) is 16.7. The number of pyridine rings is 1. The minimum absolute atomic E-state index is 0.100. The lowest BCUT2D eigenvalue weighted by Gasteiger charge is -2.35. The zero-order valence-corrected chi connectivity index (χ0v) is 21.0. The van der Waals surface area contributed by atoms with Crippen LogP contribution in [0.2, 0.25) is 0 Å². The predicted molar refractivity (Wildman–Crippen MR) is 138 cm³/mol. The molecule has 8 nitrogen and oxygen atoms in total. The van der Waals surface area contributed by atoms with Gasteiger partial charge < -0.3 is 19.9 Å². The summed E-state index contributed by atoms with van der Waals surface area (Å²) >= 11 is 1.51. The molecular weight excluding hydrogens is 464 g/mol. The van der Waals surface area contributed by atoms with Gasteiger partial charge in [-0.25, -0.2) is 4.79 Å². The lowest BCUT2D eigenvalue weighted by molar-refractivity contribution is -0.117. The molecule has 1 aliphatic heterocycles. The molecule has 35 heavy (non-hydrogen) atoms. The van der Waals surface area contributed by atoms with Crippen molar-refractivity contribution in [2.24, 2.45) is 0 Å². The molecule has 9 heteroatoms. The summed E-state index contributed by atoms with van der Waals surface area (Å²) in [5.41, 5.74) is 0.858. The molecule has 0 saturated carbocycles. The number of benzene rings is 2. The monoisotopic (exact) mass is 494 g/mol. The quantitative estimate of drug-likeness (QED) is 0.553. The molecule has 0 radical (unpaired) electrons. The summed E-state index contributed by atoms with van der Waals surface area (Å²) in [4.78, 5) is 45.1. The summed E-state index contributed by atoms with van der Waals surface area (Å²) in [6, 6.07) is 16.9. The normalized spacial score (nSPS) is 14.7. The largest absolute Gasteiger partial charge is 0.444 e. The highest BCUT2D eigenvalue weighted by molar-refractivity contribution is 7.99. The summed E-state index contributed by atoms with van der Waals surface area (Å²) < 4.78 is 5.42. The van der Waals surface area contributed by atoms with Gasteiger partial charge in [-0.3, -0.25) is 14.5 Å². The number of hydrogen-bond acceptors (Lipinski definition) is 6. The topological polar surface area (TPSA) is 94.7 Å². The fourth-order valence-electron chi connectivity index (χ4n) is 3.81. The molecule has 0 atom stereocenters. The maximum Gasteiger partial charge on any atom is 0.410 e. The Morgan fingerprint density at radius 2 is 1.71 bits per heavy atom. The Labute approximate surface area is 208 Å². The van der Waals surface area contributed by atoms with Gasteiger partial charge in [-0.1, -0.05) is 30.0 Å². The lowest BCUT2D eigenvalue weighted by atomic mass is 10.2. The van der Waals surface area contributed by atoms with Crippen LogP contribution in [0.5, 0.6) is 0 Å². The zero-order chi connectivity index (χ0) is 25.0. The zero-order valence-electron chi connectivity index (χ0n) is 20.2. The van der Waals surface area contributed by atoms with Crippen molar-refractivity contribution >= 4 is 40.4 Å². The molecule has 0 aliphatic carbocycles. The van der Waals surface area contributed by atoms with Gasteiger partial charge in [-0.2, -0.15) is 0 Å². The summed E-state index contributed by atoms with van der Waals surface area (Å²) in [5, 5.41) is 3.92. The molecule has 0 bridgehead atoms. The van der Waals surface area contributed by atoms with Gasteiger partial charge in [0.1, 0.15) is 5.60 Å². The summed E-state index contributed by atoms with van der Waals surface area (Å²) in [5.74, 6) is -0.100. The van der Waals surface area contributed by atoms with Crippen LogP contribution in [0.15, 0.2) is 69.2 Å². The maximum atomic E-state index is 12.5. The number of nitrogens with one attached hydrogen (secondary N) is 2. The van der Waals surface area contributed by atoms with Crippen LogP contribution in [0.3, 0.4) is 0 Å². The molecular formula is C26H30N4O4S. The van der Waals surface area contributed by atoms with Gasteiger partial charge in [-0.05, 0) is 51.1 Å². The lowest BCUT2D eigenvalue weighted by Crippen LogP contribution is -2.51. The second kappa shape index (κ2) is 10.5. The number of ether oxygens (including phenoxy) is 1. The predicted octanol–water partition coefficient (Wildman–Crippen LogP) is 4.17. The van der Waals surface area contributed by atoms with Gasteiger partial charge in [0.15, 0.2) is 0 Å². The van der Waals surface area contributed by atoms with Gasteiger partial charge >= 0.3 is 6.09 Å². The van der Waals surface area contributed by atoms with Crippen LogP contribution in [-0.2, 0) is 9.53 Å². The van der Waals surface area contributed by atoms with E-state index in [9.17, 15) is 14.4 Å². The maximum absolute atomic E-state index is 12.5. The van der Waals surface area contributed by atoms with Crippen LogP contribution in [-0.4, -0.2) is 65.1 Å². The van der Waals surface area contributed by atoms with Gasteiger partial charge in [0.25, 0.3) is 0 Å². The number of rotatable bonds is 5. The van der Waals surface area contributed by atoms with Gasteiger partial charge in [0, 0.05) is 58.6 Å². The molecule has 3 aromatic rings. The SMILES string of the molecule is CC(C)(C)OC(=O)N1CCN(CC(=O)Nc2ccc(Sc3cc(=O)[nH]c4ccccc34)cc2)CC1. The molecule has 1 aromatic heterocycles. The molecule has 0 unspecified atom stereocenters. The van der Waals surface area contributed by atoms with Crippen LogP contribution in [0.4, 0.5) is 10.5 Å². The molecule has 2 aromatic carbocycles. The Bertz CT molecular complexity index is 1260. The average Bonchev–Trinajstić information content (AvgIpc) is 2.79. The number of fused-ring (bicyclic) bond motifs is 1. The van der Waals surface area contributed by atoms with Crippen molar-refractivity contribution in [3.8, 4) is 0 Å². The second-order valence-electron chi connectivity index (χ2n) is 9.46. The molecule has 2 heterocycles. The Kier molecular flexibility index (Phi) is 7.47. The van der Waals surface area contributed by atoms with E-state index in [1.807, 2.05) is 74.2 Å². The summed E-state index contributed by atoms with van der Waals surface area (Å²) in [6.45, 7) is 8.11. The van der Waals surface area contributed by atoms with Crippen molar-refractivity contribution in [3.63, 3.8) is 0 Å². The van der Waals surface area contributed by atoms with E-state index in [1.165, 1.54) is 11.8 Å². The molecule has 1 saturated heterocycles. The van der Waals surface area contributed by atoms with Crippen molar-refractivity contribution in [2.75, 3.05) is 38.0 Å². The van der Waals surface area contributed by atoms with Crippen LogP contribution in [0.1, 0.15) is 20.8 Å². The highest BCUT2D eigenvalue weighted by atomic mass is 32.2. The minimum Gasteiger partial charge on any atom is -0.444 e. The molecule has 4 rings (SSSR count). The van der Waals surface area contributed by atoms with E-state index in [4.69, 9.17) is 4.74 Å². The van der Waals surface area contributed by atoms with Gasteiger partial charge in [-0.15, -0.1) is 0 Å². The smallest absolute Gasteiger partial charge is 0.410 e. The first kappa shape index (κ1) is 24.8. The highest BCUT2D eigenvalue weighted by Crippen LogP contribution is 2.32. The van der Waals surface area contributed by atoms with E-state index in [2.05, 4.69) is 10.3 Å². The minimum atomic E-state index is -0.519. The standard InChI is InChI=1S/C26H30N4O4S/c1-26(2,3)34-25(33)30-14-12-29(13-15-30)17-24(32)27-18-8-10-19(11-9-18)35-22-16-23(31)28-21-7-5-4-6-20(21)22/h4-11,16H,12-15,17H2,1-3H3,(H,27,32)(H,28,31). The van der Waals surface area contributed by atoms with Gasteiger partial charge in [0.05, 0.1) is 6.54 Å². The Balaban J connectivity index is 1.28. The molecule has 1 aliphatic rings. The fraction of sp³-hybridized carbons (Fsp3) is 0.346. The number of para-hydroxylation sites is 1. The first-order valence-corrected chi connectivity index (χ1v) is 12.4. The average molecular weight is 495 g/mol. The van der Waals surface area contributed by atoms with Gasteiger partial charge in [0.2, 0.25) is 11.5 Å². The third-order valence-corrected chi connectivity index (χ3v) is 6.54. The number of carbonyl (C=O) groups is 2. The number of carbonyl (C=O) groups excluding carboxylic acids is 2. The highest BCUT2D eigenvalue weighted by Gasteiger charge is 2.26. The van der Waals surface area contributed by atoms with E-state index in [-0.39, 0.29) is 24.1 Å². The van der Waals surface area contributed by atoms with Crippen molar-refractivity contribution < 1.29 is 14.3 Å². The number of aromatic amines is 1. The van der Waals surface area contributed by atoms with Crippen molar-refractivity contribution in [1.29, 1.82) is 0 Å². The number of amides is 2. The van der Waals surface area contributed by atoms with E-state index < -0.39 is 5.60 Å². The summed E-state index contributed by atoms with van der Waals surface area (Å²) in [6.07, 6.45) is -0.312. The number of anilines is 1. The van der Waals surface area contributed by atoms with Crippen LogP contribution in [0.25, 0.3) is 10.9 Å². The Morgan fingerprint density at radius 1 is 1.03 bits per heavy atom. The third-order valence-electron chi connectivity index (χ3n) is 5.47. The molecule has 2 N–H and O–H groups in total. The Hall–Kier alpha value is -3.30. The van der Waals surface area contributed by atoms with E-state index in [1.54, 1.807) is 11.0 Å². The van der Waals surface area contributed by atoms with Crippen LogP contribution in [0, 0.1) is 0 Å². The van der Waals surface area contributed by atoms with Crippen LogP contribution >= 0.6 is 11.8 Å². The number of H-pyrrole nitrogens is 1.